The van der Waals surface area contributed by atoms with Crippen molar-refractivity contribution in [2.75, 3.05) is 20.2 Å². The lowest BCUT2D eigenvalue weighted by Crippen LogP contribution is -2.55. The summed E-state index contributed by atoms with van der Waals surface area (Å²) < 4.78 is 11.5. The summed E-state index contributed by atoms with van der Waals surface area (Å²) in [5, 5.41) is 3.35. The largest absolute Gasteiger partial charge is 0.497 e. The monoisotopic (exact) mass is 261 g/mol. The molecular formula is C15H19NO3. The van der Waals surface area contributed by atoms with E-state index in [1.54, 1.807) is 13.2 Å². The Labute approximate surface area is 113 Å². The van der Waals surface area contributed by atoms with Gasteiger partial charge in [0.05, 0.1) is 19.1 Å². The van der Waals surface area contributed by atoms with Crippen molar-refractivity contribution in [3.05, 3.63) is 23.8 Å². The minimum Gasteiger partial charge on any atom is -0.497 e. The Morgan fingerprint density at radius 3 is 3.05 bits per heavy atom. The molecule has 0 aliphatic carbocycles. The molecule has 3 rings (SSSR count). The topological polar surface area (TPSA) is 47.6 Å². The molecule has 19 heavy (non-hydrogen) atoms. The molecule has 0 amide bonds. The Morgan fingerprint density at radius 2 is 2.32 bits per heavy atom. The molecule has 2 atom stereocenters. The number of hydrogen-bond acceptors (Lipinski definition) is 4. The van der Waals surface area contributed by atoms with Gasteiger partial charge in [0, 0.05) is 24.9 Å². The van der Waals surface area contributed by atoms with Crippen LogP contribution < -0.4 is 14.8 Å². The molecule has 4 heteroatoms. The Bertz CT molecular complexity index is 514. The maximum Gasteiger partial charge on any atom is 0.170 e. The molecule has 1 saturated heterocycles. The molecule has 2 heterocycles. The number of carbonyl (C=O) groups excluding carboxylic acids is 1. The third-order valence-corrected chi connectivity index (χ3v) is 4.34. The summed E-state index contributed by atoms with van der Waals surface area (Å²) in [5.74, 6) is 1.90. The standard InChI is InChI=1S/C15H19NO3/c1-10-9-16-6-5-15(10)8-13(17)12-4-3-11(18-2)7-14(12)19-15/h3-4,7,10,16H,5-6,8-9H2,1-2H3. The highest BCUT2D eigenvalue weighted by Crippen LogP contribution is 2.41. The van der Waals surface area contributed by atoms with Gasteiger partial charge in [-0.1, -0.05) is 6.92 Å². The van der Waals surface area contributed by atoms with Crippen LogP contribution in [0.15, 0.2) is 18.2 Å². The predicted molar refractivity (Wildman–Crippen MR) is 72.0 cm³/mol. The predicted octanol–water partition coefficient (Wildman–Crippen LogP) is 2.03. The van der Waals surface area contributed by atoms with Crippen molar-refractivity contribution in [2.24, 2.45) is 5.92 Å². The molecular weight excluding hydrogens is 242 g/mol. The second kappa shape index (κ2) is 4.53. The maximum atomic E-state index is 12.4. The van der Waals surface area contributed by atoms with Crippen LogP contribution in [-0.2, 0) is 0 Å². The van der Waals surface area contributed by atoms with Gasteiger partial charge in [0.1, 0.15) is 17.1 Å². The van der Waals surface area contributed by atoms with E-state index in [-0.39, 0.29) is 11.4 Å². The summed E-state index contributed by atoms with van der Waals surface area (Å²) in [5.41, 5.74) is 0.332. The van der Waals surface area contributed by atoms with Gasteiger partial charge in [0.15, 0.2) is 5.78 Å². The summed E-state index contributed by atoms with van der Waals surface area (Å²) in [7, 11) is 1.62. The van der Waals surface area contributed by atoms with Gasteiger partial charge >= 0.3 is 0 Å². The van der Waals surface area contributed by atoms with Crippen molar-refractivity contribution in [2.45, 2.75) is 25.4 Å². The fourth-order valence-electron chi connectivity index (χ4n) is 3.03. The van der Waals surface area contributed by atoms with Gasteiger partial charge in [-0.15, -0.1) is 0 Å². The van der Waals surface area contributed by atoms with E-state index in [9.17, 15) is 4.79 Å². The molecule has 2 unspecified atom stereocenters. The van der Waals surface area contributed by atoms with Crippen LogP contribution in [-0.4, -0.2) is 31.6 Å². The number of fused-ring (bicyclic) bond motifs is 1. The van der Waals surface area contributed by atoms with Gasteiger partial charge in [0.2, 0.25) is 0 Å². The molecule has 1 aromatic rings. The zero-order chi connectivity index (χ0) is 13.5. The average Bonchev–Trinajstić information content (AvgIpc) is 2.41. The van der Waals surface area contributed by atoms with Crippen molar-refractivity contribution in [3.63, 3.8) is 0 Å². The summed E-state index contributed by atoms with van der Waals surface area (Å²) in [6.07, 6.45) is 1.35. The van der Waals surface area contributed by atoms with Gasteiger partial charge in [-0.3, -0.25) is 4.79 Å². The molecule has 0 bridgehead atoms. The van der Waals surface area contributed by atoms with Crippen LogP contribution >= 0.6 is 0 Å². The van der Waals surface area contributed by atoms with Crippen molar-refractivity contribution >= 4 is 5.78 Å². The summed E-state index contributed by atoms with van der Waals surface area (Å²) in [6, 6.07) is 5.43. The third kappa shape index (κ3) is 2.00. The number of nitrogens with one attached hydrogen (secondary N) is 1. The van der Waals surface area contributed by atoms with Crippen LogP contribution in [0.3, 0.4) is 0 Å². The molecule has 1 N–H and O–H groups in total. The minimum atomic E-state index is -0.346. The highest BCUT2D eigenvalue weighted by molar-refractivity contribution is 6.00. The number of methoxy groups -OCH3 is 1. The van der Waals surface area contributed by atoms with Gasteiger partial charge in [-0.05, 0) is 18.7 Å². The molecule has 0 saturated carbocycles. The van der Waals surface area contributed by atoms with Gasteiger partial charge < -0.3 is 14.8 Å². The quantitative estimate of drug-likeness (QED) is 0.840. The molecule has 1 fully saturated rings. The second-order valence-electron chi connectivity index (χ2n) is 5.48. The van der Waals surface area contributed by atoms with E-state index < -0.39 is 0 Å². The number of Topliss-reactive ketones (excluding diaryl/α,β-unsaturated/α-hetero) is 1. The highest BCUT2D eigenvalue weighted by Gasteiger charge is 2.46. The first-order chi connectivity index (χ1) is 9.14. The number of rotatable bonds is 1. The average molecular weight is 261 g/mol. The van der Waals surface area contributed by atoms with E-state index in [0.29, 0.717) is 23.7 Å². The van der Waals surface area contributed by atoms with Crippen LogP contribution in [0.25, 0.3) is 0 Å². The van der Waals surface area contributed by atoms with Crippen molar-refractivity contribution in [3.8, 4) is 11.5 Å². The lowest BCUT2D eigenvalue weighted by Gasteiger charge is -2.45. The van der Waals surface area contributed by atoms with Crippen LogP contribution in [0.4, 0.5) is 0 Å². The Balaban J connectivity index is 2.00. The molecule has 1 aromatic carbocycles. The maximum absolute atomic E-state index is 12.4. The SMILES string of the molecule is COc1ccc2c(c1)OC1(CCNCC1C)CC2=O. The summed E-state index contributed by atoms with van der Waals surface area (Å²) in [4.78, 5) is 12.4. The van der Waals surface area contributed by atoms with E-state index in [4.69, 9.17) is 9.47 Å². The Kier molecular flexibility index (Phi) is 2.97. The molecule has 4 nitrogen and oxygen atoms in total. The zero-order valence-electron chi connectivity index (χ0n) is 11.4. The lowest BCUT2D eigenvalue weighted by atomic mass is 9.76. The van der Waals surface area contributed by atoms with Gasteiger partial charge in [0.25, 0.3) is 0 Å². The number of ketones is 1. The number of carbonyl (C=O) groups is 1. The van der Waals surface area contributed by atoms with Crippen LogP contribution in [0.5, 0.6) is 11.5 Å². The number of benzene rings is 1. The lowest BCUT2D eigenvalue weighted by molar-refractivity contribution is -0.0189. The molecule has 0 aromatic heterocycles. The third-order valence-electron chi connectivity index (χ3n) is 4.34. The van der Waals surface area contributed by atoms with E-state index in [1.165, 1.54) is 0 Å². The van der Waals surface area contributed by atoms with E-state index >= 15 is 0 Å². The van der Waals surface area contributed by atoms with Crippen molar-refractivity contribution < 1.29 is 14.3 Å². The van der Waals surface area contributed by atoms with Crippen molar-refractivity contribution in [1.29, 1.82) is 0 Å². The molecule has 2 aliphatic heterocycles. The van der Waals surface area contributed by atoms with Crippen LogP contribution in [0.1, 0.15) is 30.1 Å². The van der Waals surface area contributed by atoms with Crippen LogP contribution in [0.2, 0.25) is 0 Å². The minimum absolute atomic E-state index is 0.178. The highest BCUT2D eigenvalue weighted by atomic mass is 16.5. The number of ether oxygens (including phenoxy) is 2. The Morgan fingerprint density at radius 1 is 1.47 bits per heavy atom. The molecule has 1 spiro atoms. The zero-order valence-corrected chi connectivity index (χ0v) is 11.4. The molecule has 102 valence electrons. The van der Waals surface area contributed by atoms with E-state index in [2.05, 4.69) is 12.2 Å². The normalized spacial score (nSPS) is 29.8. The fraction of sp³-hybridized carbons (Fsp3) is 0.533. The van der Waals surface area contributed by atoms with E-state index in [1.807, 2.05) is 12.1 Å². The van der Waals surface area contributed by atoms with Gasteiger partial charge in [-0.2, -0.15) is 0 Å². The number of hydrogen-bond donors (Lipinski definition) is 1. The summed E-state index contributed by atoms with van der Waals surface area (Å²) in [6.45, 7) is 3.94. The summed E-state index contributed by atoms with van der Waals surface area (Å²) >= 11 is 0. The Hall–Kier alpha value is -1.55. The first-order valence-corrected chi connectivity index (χ1v) is 6.75. The van der Waals surface area contributed by atoms with E-state index in [0.717, 1.165) is 25.3 Å². The van der Waals surface area contributed by atoms with Crippen LogP contribution in [0, 0.1) is 5.92 Å². The second-order valence-corrected chi connectivity index (χ2v) is 5.48. The smallest absolute Gasteiger partial charge is 0.170 e. The first kappa shape index (κ1) is 12.5. The van der Waals surface area contributed by atoms with Crippen molar-refractivity contribution in [1.82, 2.24) is 5.32 Å². The van der Waals surface area contributed by atoms with Gasteiger partial charge in [-0.25, -0.2) is 0 Å². The molecule has 0 radical (unpaired) electrons. The number of piperidine rings is 1. The first-order valence-electron chi connectivity index (χ1n) is 6.75. The fourth-order valence-corrected chi connectivity index (χ4v) is 3.03. The molecule has 2 aliphatic rings.